The fourth-order valence-electron chi connectivity index (χ4n) is 4.00. The van der Waals surface area contributed by atoms with Crippen molar-refractivity contribution in [2.24, 2.45) is 0 Å². The van der Waals surface area contributed by atoms with Crippen molar-refractivity contribution in [1.82, 2.24) is 10.2 Å². The van der Waals surface area contributed by atoms with Crippen molar-refractivity contribution in [3.63, 3.8) is 0 Å². The van der Waals surface area contributed by atoms with E-state index in [2.05, 4.69) is 21.2 Å². The van der Waals surface area contributed by atoms with Crippen LogP contribution in [0.1, 0.15) is 24.5 Å². The van der Waals surface area contributed by atoms with E-state index in [1.165, 1.54) is 11.0 Å². The fraction of sp³-hybridized carbons (Fsp3) is 0.286. The van der Waals surface area contributed by atoms with Gasteiger partial charge in [-0.15, -0.1) is 0 Å². The van der Waals surface area contributed by atoms with Gasteiger partial charge < -0.3 is 10.2 Å². The molecule has 3 rings (SSSR count). The first-order chi connectivity index (χ1) is 18.1. The lowest BCUT2D eigenvalue weighted by Gasteiger charge is -2.33. The molecule has 2 amide bonds. The van der Waals surface area contributed by atoms with E-state index in [1.807, 2.05) is 61.5 Å². The largest absolute Gasteiger partial charge is 0.354 e. The number of sulfonamides is 1. The maximum atomic E-state index is 14.0. The van der Waals surface area contributed by atoms with Crippen LogP contribution in [0.4, 0.5) is 5.69 Å². The number of hydrogen-bond acceptors (Lipinski definition) is 4. The summed E-state index contributed by atoms with van der Waals surface area (Å²) in [6.07, 6.45) is 2.04. The highest BCUT2D eigenvalue weighted by Gasteiger charge is 2.33. The summed E-state index contributed by atoms with van der Waals surface area (Å²) in [6.45, 7) is 2.04. The third-order valence-electron chi connectivity index (χ3n) is 5.84. The highest BCUT2D eigenvalue weighted by Crippen LogP contribution is 2.23. The Labute approximate surface area is 238 Å². The van der Waals surface area contributed by atoms with E-state index in [9.17, 15) is 18.0 Å². The molecule has 0 aliphatic heterocycles. The lowest BCUT2D eigenvalue weighted by atomic mass is 10.0. The van der Waals surface area contributed by atoms with E-state index >= 15 is 0 Å². The van der Waals surface area contributed by atoms with Gasteiger partial charge in [0.05, 0.1) is 11.9 Å². The monoisotopic (exact) mass is 619 g/mol. The van der Waals surface area contributed by atoms with E-state index in [0.29, 0.717) is 11.6 Å². The second kappa shape index (κ2) is 13.8. The molecule has 3 aromatic rings. The van der Waals surface area contributed by atoms with E-state index in [0.717, 1.165) is 32.6 Å². The molecule has 0 saturated carbocycles. The zero-order valence-corrected chi connectivity index (χ0v) is 24.5. The van der Waals surface area contributed by atoms with E-state index in [-0.39, 0.29) is 24.6 Å². The second-order valence-electron chi connectivity index (χ2n) is 8.90. The van der Waals surface area contributed by atoms with Crippen LogP contribution in [0, 0.1) is 0 Å². The number of rotatable bonds is 12. The number of nitrogens with one attached hydrogen (secondary N) is 1. The Bertz CT molecular complexity index is 1350. The molecule has 0 aliphatic rings. The summed E-state index contributed by atoms with van der Waals surface area (Å²) in [5.41, 5.74) is 1.94. The Morgan fingerprint density at radius 1 is 0.974 bits per heavy atom. The summed E-state index contributed by atoms with van der Waals surface area (Å²) in [5, 5.41) is 3.26. The number of halogens is 2. The van der Waals surface area contributed by atoms with Crippen molar-refractivity contribution in [3.8, 4) is 0 Å². The summed E-state index contributed by atoms with van der Waals surface area (Å²) in [4.78, 5) is 28.9. The van der Waals surface area contributed by atoms with Crippen molar-refractivity contribution in [2.45, 2.75) is 32.4 Å². The highest BCUT2D eigenvalue weighted by atomic mass is 79.9. The first kappa shape index (κ1) is 29.7. The Morgan fingerprint density at radius 2 is 1.66 bits per heavy atom. The predicted molar refractivity (Wildman–Crippen MR) is 156 cm³/mol. The number of carbonyl (C=O) groups is 2. The van der Waals surface area contributed by atoms with Crippen LogP contribution in [-0.2, 0) is 32.6 Å². The molecule has 0 aliphatic carbocycles. The zero-order valence-electron chi connectivity index (χ0n) is 21.3. The van der Waals surface area contributed by atoms with Crippen LogP contribution in [-0.4, -0.2) is 50.5 Å². The molecule has 0 fully saturated rings. The minimum atomic E-state index is -3.84. The zero-order chi connectivity index (χ0) is 27.7. The number of nitrogens with zero attached hydrogens (tertiary/aromatic N) is 2. The van der Waals surface area contributed by atoms with Gasteiger partial charge in [-0.25, -0.2) is 8.42 Å². The van der Waals surface area contributed by atoms with Gasteiger partial charge in [-0.1, -0.05) is 83.0 Å². The fourth-order valence-corrected chi connectivity index (χ4v) is 5.47. The molecule has 3 aromatic carbocycles. The number of amides is 2. The normalized spacial score (nSPS) is 12.0. The molecule has 0 bridgehead atoms. The molecular formula is C28H31BrClN3O4S. The van der Waals surface area contributed by atoms with E-state index in [1.54, 1.807) is 18.2 Å². The average Bonchev–Trinajstić information content (AvgIpc) is 2.87. The molecule has 7 nitrogen and oxygen atoms in total. The highest BCUT2D eigenvalue weighted by molar-refractivity contribution is 9.10. The van der Waals surface area contributed by atoms with E-state index < -0.39 is 28.5 Å². The van der Waals surface area contributed by atoms with Crippen LogP contribution in [0.3, 0.4) is 0 Å². The first-order valence-electron chi connectivity index (χ1n) is 12.2. The van der Waals surface area contributed by atoms with Crippen LogP contribution in [0.15, 0.2) is 83.3 Å². The molecule has 1 atom stereocenters. The van der Waals surface area contributed by atoms with Crippen LogP contribution >= 0.6 is 27.5 Å². The summed E-state index contributed by atoms with van der Waals surface area (Å²) in [5.74, 6) is -0.810. The van der Waals surface area contributed by atoms with Crippen molar-refractivity contribution in [3.05, 3.63) is 99.5 Å². The van der Waals surface area contributed by atoms with Gasteiger partial charge in [0.2, 0.25) is 21.8 Å². The molecule has 0 spiro atoms. The molecule has 202 valence electrons. The average molecular weight is 621 g/mol. The molecule has 0 unspecified atom stereocenters. The Balaban J connectivity index is 2.04. The number of carbonyl (C=O) groups excluding carboxylic acids is 2. The minimum Gasteiger partial charge on any atom is -0.354 e. The molecule has 10 heteroatoms. The van der Waals surface area contributed by atoms with Gasteiger partial charge >= 0.3 is 0 Å². The molecule has 0 heterocycles. The standard InChI is InChI=1S/C28H31BrClN3O4S/c1-3-15-31-28(35)26(17-21-9-5-4-6-10-21)32(19-22-11-7-12-23(29)16-22)27(34)20-33(38(2,36)37)25-14-8-13-24(30)18-25/h4-14,16,18,26H,3,15,17,19-20H2,1-2H3,(H,31,35)/t26-/m0/s1. The van der Waals surface area contributed by atoms with Crippen molar-refractivity contribution in [1.29, 1.82) is 0 Å². The molecule has 38 heavy (non-hydrogen) atoms. The van der Waals surface area contributed by atoms with Crippen LogP contribution in [0.2, 0.25) is 5.02 Å². The maximum absolute atomic E-state index is 14.0. The van der Waals surface area contributed by atoms with Crippen molar-refractivity contribution < 1.29 is 18.0 Å². The Hall–Kier alpha value is -2.88. The Morgan fingerprint density at radius 3 is 2.29 bits per heavy atom. The molecule has 0 aromatic heterocycles. The van der Waals surface area contributed by atoms with Gasteiger partial charge in [-0.05, 0) is 47.9 Å². The lowest BCUT2D eigenvalue weighted by molar-refractivity contribution is -0.140. The van der Waals surface area contributed by atoms with Crippen molar-refractivity contribution >= 4 is 55.1 Å². The number of hydrogen-bond donors (Lipinski definition) is 1. The number of benzene rings is 3. The Kier molecular flexibility index (Phi) is 10.8. The van der Waals surface area contributed by atoms with Gasteiger partial charge in [0.25, 0.3) is 0 Å². The van der Waals surface area contributed by atoms with Gasteiger partial charge in [0.15, 0.2) is 0 Å². The minimum absolute atomic E-state index is 0.114. The third kappa shape index (κ3) is 8.58. The third-order valence-corrected chi connectivity index (χ3v) is 7.71. The number of anilines is 1. The molecule has 0 radical (unpaired) electrons. The predicted octanol–water partition coefficient (Wildman–Crippen LogP) is 5.03. The maximum Gasteiger partial charge on any atom is 0.244 e. The summed E-state index contributed by atoms with van der Waals surface area (Å²) < 4.78 is 27.4. The summed E-state index contributed by atoms with van der Waals surface area (Å²) in [6, 6.07) is 22.3. The van der Waals surface area contributed by atoms with Gasteiger partial charge in [0, 0.05) is 29.0 Å². The van der Waals surface area contributed by atoms with Gasteiger partial charge in [-0.2, -0.15) is 0 Å². The lowest BCUT2D eigenvalue weighted by Crippen LogP contribution is -2.53. The van der Waals surface area contributed by atoms with Crippen LogP contribution in [0.5, 0.6) is 0 Å². The molecule has 0 saturated heterocycles. The molecule has 1 N–H and O–H groups in total. The summed E-state index contributed by atoms with van der Waals surface area (Å²) in [7, 11) is -3.84. The second-order valence-corrected chi connectivity index (χ2v) is 12.2. The quantitative estimate of drug-likeness (QED) is 0.308. The molecular weight excluding hydrogens is 590 g/mol. The van der Waals surface area contributed by atoms with Crippen LogP contribution in [0.25, 0.3) is 0 Å². The first-order valence-corrected chi connectivity index (χ1v) is 15.2. The topological polar surface area (TPSA) is 86.8 Å². The SMILES string of the molecule is CCCNC(=O)[C@H](Cc1ccccc1)N(Cc1cccc(Br)c1)C(=O)CN(c1cccc(Cl)c1)S(C)(=O)=O. The van der Waals surface area contributed by atoms with E-state index in [4.69, 9.17) is 11.6 Å². The van der Waals surface area contributed by atoms with Gasteiger partial charge in [0.1, 0.15) is 12.6 Å². The summed E-state index contributed by atoms with van der Waals surface area (Å²) >= 11 is 9.58. The van der Waals surface area contributed by atoms with Crippen LogP contribution < -0.4 is 9.62 Å². The smallest absolute Gasteiger partial charge is 0.244 e. The van der Waals surface area contributed by atoms with Crippen molar-refractivity contribution in [2.75, 3.05) is 23.7 Å². The van der Waals surface area contributed by atoms with Gasteiger partial charge in [-0.3, -0.25) is 13.9 Å².